The van der Waals surface area contributed by atoms with Gasteiger partial charge in [0.2, 0.25) is 6.29 Å². The first-order valence-electron chi connectivity index (χ1n) is 3.56. The summed E-state index contributed by atoms with van der Waals surface area (Å²) < 4.78 is 5.25. The molecule has 0 radical (unpaired) electrons. The van der Waals surface area contributed by atoms with Gasteiger partial charge in [-0.05, 0) is 18.2 Å². The van der Waals surface area contributed by atoms with Gasteiger partial charge in [0.25, 0.3) is 0 Å². The van der Waals surface area contributed by atoms with Crippen LogP contribution in [0.15, 0.2) is 43.0 Å². The van der Waals surface area contributed by atoms with E-state index in [9.17, 15) is 0 Å². The van der Waals surface area contributed by atoms with Gasteiger partial charge in [0, 0.05) is 0 Å². The van der Waals surface area contributed by atoms with Crippen molar-refractivity contribution in [3.05, 3.63) is 43.0 Å². The fraction of sp³-hybridized carbons (Fsp3) is 0.111. The van der Waals surface area contributed by atoms with E-state index in [2.05, 4.69) is 11.4 Å². The maximum absolute atomic E-state index is 5.25. The highest BCUT2D eigenvalue weighted by Gasteiger charge is 2.02. The number of nitrogens with two attached hydrogens (primary N) is 1. The smallest absolute Gasteiger partial charge is 0.236 e. The predicted octanol–water partition coefficient (Wildman–Crippen LogP) is 1.47. The highest BCUT2D eigenvalue weighted by Crippen LogP contribution is 2.10. The van der Waals surface area contributed by atoms with Crippen molar-refractivity contribution >= 4 is 0 Å². The number of ether oxygens (including phenoxy) is 1. The first kappa shape index (κ1) is 8.77. The lowest BCUT2D eigenvalue weighted by atomic mass is 10.3. The molecule has 64 valence electrons. The van der Waals surface area contributed by atoms with E-state index in [1.807, 2.05) is 30.3 Å². The molecule has 1 aromatic rings. The average Bonchev–Trinajstić information content (AvgIpc) is 2.16. The standard InChI is InChI=1S/C9H11NO2/c1-2-9(12-10)11-8-6-4-3-5-7-8/h2-7,9H,1,10H2. The molecule has 0 saturated heterocycles. The van der Waals surface area contributed by atoms with Crippen molar-refractivity contribution in [3.63, 3.8) is 0 Å². The van der Waals surface area contributed by atoms with Gasteiger partial charge in [-0.1, -0.05) is 24.8 Å². The molecule has 1 aromatic carbocycles. The zero-order chi connectivity index (χ0) is 8.81. The van der Waals surface area contributed by atoms with Crippen molar-refractivity contribution in [2.45, 2.75) is 6.29 Å². The van der Waals surface area contributed by atoms with Gasteiger partial charge in [0.15, 0.2) is 0 Å². The number of hydrogen-bond acceptors (Lipinski definition) is 3. The Morgan fingerprint density at radius 3 is 2.50 bits per heavy atom. The number of hydrogen-bond donors (Lipinski definition) is 1. The Labute approximate surface area is 71.4 Å². The largest absolute Gasteiger partial charge is 0.460 e. The van der Waals surface area contributed by atoms with Gasteiger partial charge >= 0.3 is 0 Å². The second-order valence-corrected chi connectivity index (χ2v) is 2.17. The summed E-state index contributed by atoms with van der Waals surface area (Å²) in [5.74, 6) is 5.64. The van der Waals surface area contributed by atoms with Gasteiger partial charge < -0.3 is 4.74 Å². The first-order valence-corrected chi connectivity index (χ1v) is 3.56. The van der Waals surface area contributed by atoms with Crippen molar-refractivity contribution in [2.24, 2.45) is 5.90 Å². The Kier molecular flexibility index (Phi) is 3.32. The van der Waals surface area contributed by atoms with Crippen LogP contribution in [-0.4, -0.2) is 6.29 Å². The van der Waals surface area contributed by atoms with Gasteiger partial charge in [-0.2, -0.15) is 0 Å². The lowest BCUT2D eigenvalue weighted by Crippen LogP contribution is -2.21. The van der Waals surface area contributed by atoms with Crippen LogP contribution in [0.5, 0.6) is 5.75 Å². The lowest BCUT2D eigenvalue weighted by molar-refractivity contribution is -0.0476. The minimum atomic E-state index is -0.590. The fourth-order valence-corrected chi connectivity index (χ4v) is 0.765. The van der Waals surface area contributed by atoms with Crippen molar-refractivity contribution in [3.8, 4) is 5.75 Å². The predicted molar refractivity (Wildman–Crippen MR) is 46.3 cm³/mol. The second-order valence-electron chi connectivity index (χ2n) is 2.17. The average molecular weight is 165 g/mol. The van der Waals surface area contributed by atoms with Gasteiger partial charge in [-0.25, -0.2) is 5.90 Å². The highest BCUT2D eigenvalue weighted by molar-refractivity contribution is 5.21. The first-order chi connectivity index (χ1) is 5.86. The maximum Gasteiger partial charge on any atom is 0.236 e. The van der Waals surface area contributed by atoms with Gasteiger partial charge in [-0.3, -0.25) is 4.84 Å². The summed E-state index contributed by atoms with van der Waals surface area (Å²) in [6, 6.07) is 9.27. The van der Waals surface area contributed by atoms with Crippen LogP contribution in [0.1, 0.15) is 0 Å². The van der Waals surface area contributed by atoms with Crippen molar-refractivity contribution < 1.29 is 9.57 Å². The minimum Gasteiger partial charge on any atom is -0.460 e. The van der Waals surface area contributed by atoms with Crippen LogP contribution in [0.4, 0.5) is 0 Å². The molecule has 3 heteroatoms. The van der Waals surface area contributed by atoms with E-state index in [1.165, 1.54) is 6.08 Å². The van der Waals surface area contributed by atoms with Crippen LogP contribution in [-0.2, 0) is 4.84 Å². The third kappa shape index (κ3) is 2.38. The second kappa shape index (κ2) is 4.54. The summed E-state index contributed by atoms with van der Waals surface area (Å²) in [5, 5.41) is 0. The molecular weight excluding hydrogens is 154 g/mol. The zero-order valence-corrected chi connectivity index (χ0v) is 6.64. The molecule has 0 spiro atoms. The zero-order valence-electron chi connectivity index (χ0n) is 6.64. The molecule has 1 rings (SSSR count). The van der Waals surface area contributed by atoms with Crippen LogP contribution in [0.3, 0.4) is 0 Å². The van der Waals surface area contributed by atoms with Gasteiger partial charge in [0.1, 0.15) is 5.75 Å². The fourth-order valence-electron chi connectivity index (χ4n) is 0.765. The van der Waals surface area contributed by atoms with E-state index >= 15 is 0 Å². The monoisotopic (exact) mass is 165 g/mol. The molecule has 0 bridgehead atoms. The summed E-state index contributed by atoms with van der Waals surface area (Å²) in [5.41, 5.74) is 0. The van der Waals surface area contributed by atoms with E-state index in [4.69, 9.17) is 10.6 Å². The van der Waals surface area contributed by atoms with Crippen molar-refractivity contribution in [1.29, 1.82) is 0 Å². The Balaban J connectivity index is 2.56. The molecule has 0 aliphatic rings. The van der Waals surface area contributed by atoms with Gasteiger partial charge in [-0.15, -0.1) is 0 Å². The number of para-hydroxylation sites is 1. The normalized spacial score (nSPS) is 12.1. The third-order valence-electron chi connectivity index (χ3n) is 1.32. The Morgan fingerprint density at radius 1 is 1.33 bits per heavy atom. The molecular formula is C9H11NO2. The molecule has 1 unspecified atom stereocenters. The molecule has 0 aliphatic carbocycles. The lowest BCUT2D eigenvalue weighted by Gasteiger charge is -2.11. The van der Waals surface area contributed by atoms with Crippen molar-refractivity contribution in [1.82, 2.24) is 0 Å². The van der Waals surface area contributed by atoms with Crippen LogP contribution in [0.25, 0.3) is 0 Å². The topological polar surface area (TPSA) is 44.5 Å². The minimum absolute atomic E-state index is 0.590. The molecule has 0 amide bonds. The molecule has 2 N–H and O–H groups in total. The van der Waals surface area contributed by atoms with Crippen LogP contribution >= 0.6 is 0 Å². The summed E-state index contributed by atoms with van der Waals surface area (Å²) in [7, 11) is 0. The molecule has 0 aliphatic heterocycles. The Hall–Kier alpha value is -1.32. The highest BCUT2D eigenvalue weighted by atomic mass is 16.7. The molecule has 0 fully saturated rings. The third-order valence-corrected chi connectivity index (χ3v) is 1.32. The van der Waals surface area contributed by atoms with E-state index in [1.54, 1.807) is 0 Å². The molecule has 0 heterocycles. The van der Waals surface area contributed by atoms with E-state index in [0.717, 1.165) is 0 Å². The molecule has 0 saturated carbocycles. The molecule has 1 atom stereocenters. The maximum atomic E-state index is 5.25. The molecule has 0 aromatic heterocycles. The Morgan fingerprint density at radius 2 is 2.00 bits per heavy atom. The summed E-state index contributed by atoms with van der Waals surface area (Å²) in [6.07, 6.45) is 0.889. The van der Waals surface area contributed by atoms with E-state index < -0.39 is 6.29 Å². The van der Waals surface area contributed by atoms with E-state index in [-0.39, 0.29) is 0 Å². The SMILES string of the molecule is C=CC(ON)Oc1ccccc1. The van der Waals surface area contributed by atoms with E-state index in [0.29, 0.717) is 5.75 Å². The van der Waals surface area contributed by atoms with Gasteiger partial charge in [0.05, 0.1) is 0 Å². The van der Waals surface area contributed by atoms with Crippen LogP contribution in [0.2, 0.25) is 0 Å². The summed E-state index contributed by atoms with van der Waals surface area (Å²) in [6.45, 7) is 3.50. The number of benzene rings is 1. The molecule has 12 heavy (non-hydrogen) atoms. The quantitative estimate of drug-likeness (QED) is 0.417. The number of rotatable bonds is 4. The van der Waals surface area contributed by atoms with Crippen LogP contribution in [0, 0.1) is 0 Å². The summed E-state index contributed by atoms with van der Waals surface area (Å²) >= 11 is 0. The Bertz CT molecular complexity index is 236. The van der Waals surface area contributed by atoms with Crippen LogP contribution < -0.4 is 10.6 Å². The van der Waals surface area contributed by atoms with Crippen molar-refractivity contribution in [2.75, 3.05) is 0 Å². The molecule has 3 nitrogen and oxygen atoms in total. The summed E-state index contributed by atoms with van der Waals surface area (Å²) in [4.78, 5) is 4.46.